The number of aliphatic hydroxyl groups excluding tert-OH is 1. The number of hydrogen-bond acceptors (Lipinski definition) is 15. The largest absolute Gasteiger partial charge is 0.472 e. The van der Waals surface area contributed by atoms with Gasteiger partial charge in [-0.05, 0) is 51.4 Å². The van der Waals surface area contributed by atoms with Gasteiger partial charge in [-0.2, -0.15) is 0 Å². The summed E-state index contributed by atoms with van der Waals surface area (Å²) in [5.74, 6) is -2.16. The number of ether oxygens (including phenoxy) is 4. The van der Waals surface area contributed by atoms with Crippen molar-refractivity contribution >= 4 is 39.5 Å². The summed E-state index contributed by atoms with van der Waals surface area (Å²) in [6, 6.07) is 0. The first-order valence-corrected chi connectivity index (χ1v) is 40.6. The topological polar surface area (TPSA) is 237 Å². The van der Waals surface area contributed by atoms with E-state index in [9.17, 15) is 43.2 Å². The smallest absolute Gasteiger partial charge is 0.462 e. The number of hydrogen-bond donors (Lipinski definition) is 3. The van der Waals surface area contributed by atoms with E-state index in [4.69, 9.17) is 37.0 Å². The van der Waals surface area contributed by atoms with Gasteiger partial charge in [0.1, 0.15) is 19.3 Å². The number of allylic oxidation sites excluding steroid dienone is 4. The van der Waals surface area contributed by atoms with Gasteiger partial charge in [0.2, 0.25) is 0 Å². The number of phosphoric ester groups is 2. The van der Waals surface area contributed by atoms with Gasteiger partial charge in [-0.1, -0.05) is 309 Å². The molecular formula is C73H138O17P2. The van der Waals surface area contributed by atoms with Gasteiger partial charge in [-0.3, -0.25) is 37.3 Å². The maximum atomic E-state index is 13.1. The monoisotopic (exact) mass is 1350 g/mol. The van der Waals surface area contributed by atoms with Gasteiger partial charge in [0.15, 0.2) is 12.2 Å². The maximum Gasteiger partial charge on any atom is 0.472 e. The molecule has 2 unspecified atom stereocenters. The molecule has 0 aromatic carbocycles. The molecule has 3 N–H and O–H groups in total. The van der Waals surface area contributed by atoms with Crippen LogP contribution in [0.5, 0.6) is 0 Å². The van der Waals surface area contributed by atoms with Crippen LogP contribution in [-0.4, -0.2) is 96.7 Å². The first kappa shape index (κ1) is 89.5. The Morgan fingerprint density at radius 1 is 0.304 bits per heavy atom. The van der Waals surface area contributed by atoms with E-state index in [0.717, 1.165) is 122 Å². The molecule has 19 heteroatoms. The van der Waals surface area contributed by atoms with Crippen LogP contribution >= 0.6 is 15.6 Å². The Bertz CT molecular complexity index is 1850. The number of carbonyl (C=O) groups excluding carboxylic acids is 4. The molecule has 0 rings (SSSR count). The molecule has 0 aromatic heterocycles. The normalized spacial score (nSPS) is 14.1. The minimum Gasteiger partial charge on any atom is -0.462 e. The highest BCUT2D eigenvalue weighted by atomic mass is 31.2. The lowest BCUT2D eigenvalue weighted by molar-refractivity contribution is -0.161. The van der Waals surface area contributed by atoms with Crippen molar-refractivity contribution in [3.63, 3.8) is 0 Å². The minimum absolute atomic E-state index is 0.102. The summed E-state index contributed by atoms with van der Waals surface area (Å²) < 4.78 is 68.2. The van der Waals surface area contributed by atoms with Gasteiger partial charge < -0.3 is 33.8 Å². The van der Waals surface area contributed by atoms with Crippen LogP contribution in [-0.2, 0) is 65.4 Å². The molecule has 0 heterocycles. The third-order valence-electron chi connectivity index (χ3n) is 16.5. The van der Waals surface area contributed by atoms with Crippen molar-refractivity contribution in [3.05, 3.63) is 24.3 Å². The Morgan fingerprint density at radius 3 is 0.793 bits per heavy atom. The maximum absolute atomic E-state index is 13.1. The molecule has 0 spiro atoms. The average molecular weight is 1350 g/mol. The van der Waals surface area contributed by atoms with E-state index < -0.39 is 97.5 Å². The molecule has 5 atom stereocenters. The second kappa shape index (κ2) is 67.1. The first-order valence-electron chi connectivity index (χ1n) is 37.6. The molecule has 0 fully saturated rings. The van der Waals surface area contributed by atoms with E-state index in [0.29, 0.717) is 25.7 Å². The Kier molecular flexibility index (Phi) is 65.3. The fraction of sp³-hybridized carbons (Fsp3) is 0.890. The fourth-order valence-corrected chi connectivity index (χ4v) is 12.3. The van der Waals surface area contributed by atoms with Crippen LogP contribution in [0.15, 0.2) is 24.3 Å². The number of phosphoric acid groups is 2. The molecule has 542 valence electrons. The van der Waals surface area contributed by atoms with Crippen LogP contribution in [0, 0.1) is 0 Å². The number of esters is 4. The molecule has 17 nitrogen and oxygen atoms in total. The van der Waals surface area contributed by atoms with Gasteiger partial charge >= 0.3 is 39.5 Å². The van der Waals surface area contributed by atoms with E-state index >= 15 is 0 Å². The lowest BCUT2D eigenvalue weighted by Crippen LogP contribution is -2.30. The van der Waals surface area contributed by atoms with Crippen molar-refractivity contribution in [1.82, 2.24) is 0 Å². The van der Waals surface area contributed by atoms with Gasteiger partial charge in [0.25, 0.3) is 0 Å². The van der Waals surface area contributed by atoms with Crippen molar-refractivity contribution in [1.29, 1.82) is 0 Å². The first-order chi connectivity index (χ1) is 44.7. The van der Waals surface area contributed by atoms with Crippen molar-refractivity contribution < 1.29 is 80.2 Å². The molecular weight excluding hydrogens is 1210 g/mol. The Morgan fingerprint density at radius 2 is 0.522 bits per heavy atom. The molecule has 0 aromatic rings. The molecule has 0 aliphatic rings. The van der Waals surface area contributed by atoms with Crippen molar-refractivity contribution in [2.45, 2.75) is 380 Å². The van der Waals surface area contributed by atoms with Crippen LogP contribution in [0.3, 0.4) is 0 Å². The average Bonchev–Trinajstić information content (AvgIpc) is 2.67. The minimum atomic E-state index is -4.96. The Balaban J connectivity index is 5.17. The van der Waals surface area contributed by atoms with Gasteiger partial charge in [0.05, 0.1) is 26.4 Å². The Hall–Kier alpha value is -2.46. The van der Waals surface area contributed by atoms with Crippen LogP contribution in [0.2, 0.25) is 0 Å². The van der Waals surface area contributed by atoms with Crippen LogP contribution in [0.1, 0.15) is 362 Å². The summed E-state index contributed by atoms with van der Waals surface area (Å²) >= 11 is 0. The molecule has 0 amide bonds. The standard InChI is InChI=1S/C73H138O17P2/c1-5-9-13-17-21-25-27-29-31-32-33-34-35-36-38-40-42-44-48-52-56-60-73(78)90-69(64-84-71(76)58-54-50-47-43-41-39-37-30-28-26-22-18-14-10-6-2)66-88-92(81,82)86-62-67(74)61-85-91(79,80)87-65-68(89-72(77)59-55-51-46-24-20-16-12-8-4)63-83-70(75)57-53-49-45-23-19-15-11-7-3/h26,28,30,37,67-69,74H,5-25,27,29,31-36,38-66H2,1-4H3,(H,79,80)(H,81,82)/b28-26-,37-30-/t67-,68+,69+/m0/s1. The van der Waals surface area contributed by atoms with Gasteiger partial charge in [0, 0.05) is 25.7 Å². The molecule has 0 aliphatic carbocycles. The van der Waals surface area contributed by atoms with E-state index in [-0.39, 0.29) is 25.7 Å². The SMILES string of the molecule is CCCCCC/C=C\C=C/CCCCCCCC(=O)OC[C@H](COP(=O)(O)OC[C@@H](O)COP(=O)(O)OC[C@@H](COC(=O)CCCCCCCCCC)OC(=O)CCCCCCCCCC)OC(=O)CCCCCCCCCCCCCCCCCCCCCCC. The summed E-state index contributed by atoms with van der Waals surface area (Å²) in [6.07, 6.45) is 59.4. The van der Waals surface area contributed by atoms with Crippen molar-refractivity contribution in [3.8, 4) is 0 Å². The molecule has 0 saturated carbocycles. The molecule has 0 bridgehead atoms. The quantitative estimate of drug-likeness (QED) is 0.0169. The second-order valence-corrected chi connectivity index (χ2v) is 28.6. The molecule has 0 radical (unpaired) electrons. The molecule has 0 saturated heterocycles. The van der Waals surface area contributed by atoms with E-state index in [2.05, 4.69) is 52.0 Å². The van der Waals surface area contributed by atoms with E-state index in [1.54, 1.807) is 0 Å². The highest BCUT2D eigenvalue weighted by molar-refractivity contribution is 7.47. The van der Waals surface area contributed by atoms with Crippen molar-refractivity contribution in [2.24, 2.45) is 0 Å². The lowest BCUT2D eigenvalue weighted by atomic mass is 10.0. The molecule has 0 aliphatic heterocycles. The van der Waals surface area contributed by atoms with E-state index in [1.165, 1.54) is 161 Å². The highest BCUT2D eigenvalue weighted by Gasteiger charge is 2.30. The van der Waals surface area contributed by atoms with Gasteiger partial charge in [-0.25, -0.2) is 9.13 Å². The zero-order valence-electron chi connectivity index (χ0n) is 59.0. The summed E-state index contributed by atoms with van der Waals surface area (Å²) in [6.45, 7) is 4.83. The number of rotatable bonds is 72. The summed E-state index contributed by atoms with van der Waals surface area (Å²) in [7, 11) is -9.90. The lowest BCUT2D eigenvalue weighted by Gasteiger charge is -2.21. The predicted octanol–water partition coefficient (Wildman–Crippen LogP) is 21.0. The van der Waals surface area contributed by atoms with Crippen molar-refractivity contribution in [2.75, 3.05) is 39.6 Å². The van der Waals surface area contributed by atoms with E-state index in [1.807, 2.05) is 0 Å². The molecule has 92 heavy (non-hydrogen) atoms. The van der Waals surface area contributed by atoms with Crippen LogP contribution in [0.25, 0.3) is 0 Å². The third kappa shape index (κ3) is 66.2. The Labute approximate surface area is 561 Å². The predicted molar refractivity (Wildman–Crippen MR) is 372 cm³/mol. The zero-order chi connectivity index (χ0) is 67.5. The number of carbonyl (C=O) groups is 4. The van der Waals surface area contributed by atoms with Gasteiger partial charge in [-0.15, -0.1) is 0 Å². The third-order valence-corrected chi connectivity index (χ3v) is 18.4. The van der Waals surface area contributed by atoms with Crippen LogP contribution < -0.4 is 0 Å². The summed E-state index contributed by atoms with van der Waals surface area (Å²) in [4.78, 5) is 72.4. The number of unbranched alkanes of at least 4 members (excludes halogenated alkanes) is 43. The fourth-order valence-electron chi connectivity index (χ4n) is 10.7. The van der Waals surface area contributed by atoms with Crippen LogP contribution in [0.4, 0.5) is 0 Å². The highest BCUT2D eigenvalue weighted by Crippen LogP contribution is 2.45. The zero-order valence-corrected chi connectivity index (χ0v) is 60.8. The second-order valence-electron chi connectivity index (χ2n) is 25.6. The summed E-state index contributed by atoms with van der Waals surface area (Å²) in [5, 5.41) is 10.6. The summed E-state index contributed by atoms with van der Waals surface area (Å²) in [5.41, 5.74) is 0. The number of aliphatic hydroxyl groups is 1.